The summed E-state index contributed by atoms with van der Waals surface area (Å²) < 4.78 is 0. The first-order valence-corrected chi connectivity index (χ1v) is 7.27. The summed E-state index contributed by atoms with van der Waals surface area (Å²) >= 11 is 0. The number of hydrogen-bond donors (Lipinski definition) is 1. The topological polar surface area (TPSA) is 46.3 Å². The summed E-state index contributed by atoms with van der Waals surface area (Å²) in [6.45, 7) is 3.17. The molecule has 0 heterocycles. The van der Waals surface area contributed by atoms with E-state index in [4.69, 9.17) is 5.73 Å². The van der Waals surface area contributed by atoms with Crippen molar-refractivity contribution in [2.45, 2.75) is 26.4 Å². The number of nitrogens with two attached hydrogens (primary N) is 1. The normalized spacial score (nSPS) is 10.4. The monoisotopic (exact) mass is 282 g/mol. The van der Waals surface area contributed by atoms with E-state index >= 15 is 0 Å². The van der Waals surface area contributed by atoms with Gasteiger partial charge in [0.25, 0.3) is 5.91 Å². The molecule has 3 heteroatoms. The number of carbonyl (C=O) groups is 1. The minimum absolute atomic E-state index is 0.0607. The van der Waals surface area contributed by atoms with E-state index in [9.17, 15) is 4.79 Å². The van der Waals surface area contributed by atoms with E-state index in [1.807, 2.05) is 49.5 Å². The second kappa shape index (κ2) is 7.04. The molecule has 2 aromatic rings. The Bertz CT molecular complexity index is 622. The van der Waals surface area contributed by atoms with Gasteiger partial charge >= 0.3 is 0 Å². The molecule has 2 rings (SSSR count). The van der Waals surface area contributed by atoms with Gasteiger partial charge in [-0.2, -0.15) is 0 Å². The van der Waals surface area contributed by atoms with Crippen molar-refractivity contribution in [3.63, 3.8) is 0 Å². The molecule has 21 heavy (non-hydrogen) atoms. The van der Waals surface area contributed by atoms with Crippen LogP contribution in [0.1, 0.15) is 34.0 Å². The molecule has 0 aromatic heterocycles. The molecule has 0 bridgehead atoms. The van der Waals surface area contributed by atoms with E-state index in [0.717, 1.165) is 28.7 Å². The molecule has 0 radical (unpaired) electrons. The van der Waals surface area contributed by atoms with Crippen molar-refractivity contribution in [2.75, 3.05) is 7.05 Å². The Morgan fingerprint density at radius 1 is 1.10 bits per heavy atom. The molecule has 110 valence electrons. The smallest absolute Gasteiger partial charge is 0.254 e. The predicted molar refractivity (Wildman–Crippen MR) is 86.0 cm³/mol. The van der Waals surface area contributed by atoms with E-state index in [1.165, 1.54) is 0 Å². The summed E-state index contributed by atoms with van der Waals surface area (Å²) in [6.07, 6.45) is 0.860. The highest BCUT2D eigenvalue weighted by Gasteiger charge is 2.14. The Balaban J connectivity index is 2.15. The second-order valence-electron chi connectivity index (χ2n) is 5.20. The van der Waals surface area contributed by atoms with Gasteiger partial charge in [-0.15, -0.1) is 0 Å². The summed E-state index contributed by atoms with van der Waals surface area (Å²) in [7, 11) is 1.84. The number of nitrogens with zero attached hydrogens (tertiary/aromatic N) is 1. The van der Waals surface area contributed by atoms with Gasteiger partial charge in [-0.25, -0.2) is 0 Å². The molecule has 0 saturated carbocycles. The molecule has 0 saturated heterocycles. The fraction of sp³-hybridized carbons (Fsp3) is 0.278. The van der Waals surface area contributed by atoms with E-state index in [2.05, 4.69) is 13.0 Å². The quantitative estimate of drug-likeness (QED) is 0.916. The van der Waals surface area contributed by atoms with E-state index < -0.39 is 0 Å². The molecule has 0 aliphatic heterocycles. The summed E-state index contributed by atoms with van der Waals surface area (Å²) in [6, 6.07) is 15.8. The summed E-state index contributed by atoms with van der Waals surface area (Å²) in [4.78, 5) is 14.3. The Hall–Kier alpha value is -2.13. The predicted octanol–water partition coefficient (Wildman–Crippen LogP) is 2.98. The molecular weight excluding hydrogens is 260 g/mol. The molecule has 0 unspecified atom stereocenters. The molecule has 2 N–H and O–H groups in total. The molecular formula is C18H22N2O. The molecule has 1 amide bonds. The van der Waals surface area contributed by atoms with Crippen LogP contribution in [0.3, 0.4) is 0 Å². The lowest BCUT2D eigenvalue weighted by Gasteiger charge is -2.19. The minimum atomic E-state index is 0.0607. The van der Waals surface area contributed by atoms with Crippen LogP contribution < -0.4 is 5.73 Å². The van der Waals surface area contributed by atoms with Gasteiger partial charge < -0.3 is 10.6 Å². The van der Waals surface area contributed by atoms with Gasteiger partial charge in [0.1, 0.15) is 0 Å². The largest absolute Gasteiger partial charge is 0.337 e. The summed E-state index contributed by atoms with van der Waals surface area (Å²) in [5.41, 5.74) is 9.72. The summed E-state index contributed by atoms with van der Waals surface area (Å²) in [5, 5.41) is 0. The lowest BCUT2D eigenvalue weighted by Crippen LogP contribution is -2.27. The molecule has 0 atom stereocenters. The fourth-order valence-corrected chi connectivity index (χ4v) is 2.44. The van der Waals surface area contributed by atoms with Crippen molar-refractivity contribution in [2.24, 2.45) is 5.73 Å². The van der Waals surface area contributed by atoms with Crippen LogP contribution in [0, 0.1) is 0 Å². The van der Waals surface area contributed by atoms with Crippen molar-refractivity contribution < 1.29 is 4.79 Å². The van der Waals surface area contributed by atoms with Crippen LogP contribution in [0.25, 0.3) is 0 Å². The lowest BCUT2D eigenvalue weighted by atomic mass is 10.0. The SMILES string of the molecule is CCc1ccccc1C(=O)N(C)Cc1cccc(CN)c1. The van der Waals surface area contributed by atoms with Gasteiger partial charge in [-0.05, 0) is 29.2 Å². The van der Waals surface area contributed by atoms with Crippen LogP contribution >= 0.6 is 0 Å². The molecule has 0 aliphatic carbocycles. The van der Waals surface area contributed by atoms with Crippen molar-refractivity contribution in [3.05, 3.63) is 70.8 Å². The first kappa shape index (κ1) is 15.3. The van der Waals surface area contributed by atoms with Crippen molar-refractivity contribution in [3.8, 4) is 0 Å². The maximum Gasteiger partial charge on any atom is 0.254 e. The minimum Gasteiger partial charge on any atom is -0.337 e. The van der Waals surface area contributed by atoms with Crippen molar-refractivity contribution in [1.29, 1.82) is 0 Å². The zero-order chi connectivity index (χ0) is 15.2. The highest BCUT2D eigenvalue weighted by Crippen LogP contribution is 2.14. The number of amides is 1. The van der Waals surface area contributed by atoms with Gasteiger partial charge in [0.05, 0.1) is 0 Å². The van der Waals surface area contributed by atoms with Gasteiger partial charge in [0, 0.05) is 25.7 Å². The molecule has 0 fully saturated rings. The van der Waals surface area contributed by atoms with Gasteiger partial charge in [0.15, 0.2) is 0 Å². The zero-order valence-corrected chi connectivity index (χ0v) is 12.7. The van der Waals surface area contributed by atoms with E-state index in [1.54, 1.807) is 4.90 Å². The molecule has 0 aliphatic rings. The van der Waals surface area contributed by atoms with Crippen LogP contribution in [-0.2, 0) is 19.5 Å². The van der Waals surface area contributed by atoms with E-state index in [0.29, 0.717) is 13.1 Å². The number of hydrogen-bond acceptors (Lipinski definition) is 2. The van der Waals surface area contributed by atoms with Crippen LogP contribution in [0.4, 0.5) is 0 Å². The molecule has 2 aromatic carbocycles. The van der Waals surface area contributed by atoms with Crippen LogP contribution in [-0.4, -0.2) is 17.9 Å². The zero-order valence-electron chi connectivity index (χ0n) is 12.7. The fourth-order valence-electron chi connectivity index (χ4n) is 2.44. The van der Waals surface area contributed by atoms with Gasteiger partial charge in [-0.3, -0.25) is 4.79 Å². The van der Waals surface area contributed by atoms with Crippen molar-refractivity contribution >= 4 is 5.91 Å². The van der Waals surface area contributed by atoms with E-state index in [-0.39, 0.29) is 5.91 Å². The van der Waals surface area contributed by atoms with Crippen molar-refractivity contribution in [1.82, 2.24) is 4.90 Å². The number of rotatable bonds is 5. The van der Waals surface area contributed by atoms with Crippen LogP contribution in [0.5, 0.6) is 0 Å². The third-order valence-corrected chi connectivity index (χ3v) is 3.62. The third-order valence-electron chi connectivity index (χ3n) is 3.62. The third kappa shape index (κ3) is 3.70. The van der Waals surface area contributed by atoms with Gasteiger partial charge in [0.2, 0.25) is 0 Å². The lowest BCUT2D eigenvalue weighted by molar-refractivity contribution is 0.0784. The number of benzene rings is 2. The van der Waals surface area contributed by atoms with Crippen LogP contribution in [0.15, 0.2) is 48.5 Å². The molecule has 0 spiro atoms. The maximum absolute atomic E-state index is 12.6. The standard InChI is InChI=1S/C18H22N2O/c1-3-16-9-4-5-10-17(16)18(21)20(2)13-15-8-6-7-14(11-15)12-19/h4-11H,3,12-13,19H2,1-2H3. The first-order chi connectivity index (χ1) is 10.2. The Morgan fingerprint density at radius 2 is 1.81 bits per heavy atom. The average molecular weight is 282 g/mol. The second-order valence-corrected chi connectivity index (χ2v) is 5.20. The highest BCUT2D eigenvalue weighted by atomic mass is 16.2. The van der Waals surface area contributed by atoms with Gasteiger partial charge in [-0.1, -0.05) is 49.4 Å². The molecule has 3 nitrogen and oxygen atoms in total. The first-order valence-electron chi connectivity index (χ1n) is 7.27. The highest BCUT2D eigenvalue weighted by molar-refractivity contribution is 5.95. The maximum atomic E-state index is 12.6. The average Bonchev–Trinajstić information content (AvgIpc) is 2.54. The Morgan fingerprint density at radius 3 is 2.52 bits per heavy atom. The summed E-state index contributed by atoms with van der Waals surface area (Å²) in [5.74, 6) is 0.0607. The Labute approximate surface area is 126 Å². The number of aryl methyl sites for hydroxylation is 1. The number of carbonyl (C=O) groups excluding carboxylic acids is 1. The van der Waals surface area contributed by atoms with Crippen LogP contribution in [0.2, 0.25) is 0 Å². The Kier molecular flexibility index (Phi) is 5.12.